The van der Waals surface area contributed by atoms with Crippen molar-refractivity contribution in [3.63, 3.8) is 0 Å². The molecule has 0 aliphatic heterocycles. The second-order valence-corrected chi connectivity index (χ2v) is 4.30. The van der Waals surface area contributed by atoms with Crippen molar-refractivity contribution in [3.05, 3.63) is 28.8 Å². The van der Waals surface area contributed by atoms with Gasteiger partial charge in [0.25, 0.3) is 0 Å². The van der Waals surface area contributed by atoms with E-state index >= 15 is 0 Å². The minimum Gasteiger partial charge on any atom is -0.393 e. The van der Waals surface area contributed by atoms with Crippen LogP contribution in [0.3, 0.4) is 0 Å². The van der Waals surface area contributed by atoms with Crippen molar-refractivity contribution >= 4 is 21.5 Å². The summed E-state index contributed by atoms with van der Waals surface area (Å²) >= 11 is 3.29. The Morgan fingerprint density at radius 3 is 2.64 bits per heavy atom. The van der Waals surface area contributed by atoms with Crippen LogP contribution >= 0.6 is 15.9 Å². The van der Waals surface area contributed by atoms with Crippen LogP contribution in [0.15, 0.2) is 22.9 Å². The fourth-order valence-electron chi connectivity index (χ4n) is 1.50. The van der Waals surface area contributed by atoms with E-state index < -0.39 is 0 Å². The normalized spacial score (nSPS) is 21.9. The molecule has 1 unspecified atom stereocenters. The summed E-state index contributed by atoms with van der Waals surface area (Å²) < 4.78 is 0.887. The van der Waals surface area contributed by atoms with Crippen molar-refractivity contribution < 1.29 is 5.11 Å². The highest BCUT2D eigenvalue weighted by atomic mass is 79.9. The van der Waals surface area contributed by atoms with Gasteiger partial charge in [-0.15, -0.1) is 0 Å². The van der Waals surface area contributed by atoms with Crippen molar-refractivity contribution in [2.75, 3.05) is 0 Å². The molecule has 0 spiro atoms. The van der Waals surface area contributed by atoms with Gasteiger partial charge in [0.15, 0.2) is 5.82 Å². The molecule has 1 aliphatic rings. The van der Waals surface area contributed by atoms with Gasteiger partial charge >= 0.3 is 0 Å². The van der Waals surface area contributed by atoms with Gasteiger partial charge in [0.05, 0.1) is 10.6 Å². The molecule has 14 heavy (non-hydrogen) atoms. The van der Waals surface area contributed by atoms with E-state index in [1.807, 2.05) is 6.08 Å². The predicted octanol–water partition coefficient (Wildman–Crippen LogP) is 2.17. The van der Waals surface area contributed by atoms with Crippen LogP contribution in [-0.2, 0) is 0 Å². The highest BCUT2D eigenvalue weighted by molar-refractivity contribution is 9.10. The minimum absolute atomic E-state index is 0.186. The van der Waals surface area contributed by atoms with E-state index in [0.29, 0.717) is 0 Å². The van der Waals surface area contributed by atoms with E-state index in [1.54, 1.807) is 12.4 Å². The minimum atomic E-state index is -0.186. The zero-order chi connectivity index (χ0) is 9.97. The zero-order valence-corrected chi connectivity index (χ0v) is 9.24. The third-order valence-electron chi connectivity index (χ3n) is 2.29. The largest absolute Gasteiger partial charge is 0.393 e. The summed E-state index contributed by atoms with van der Waals surface area (Å²) in [5.41, 5.74) is 1.14. The molecule has 1 heterocycles. The summed E-state index contributed by atoms with van der Waals surface area (Å²) in [4.78, 5) is 8.44. The number of aliphatic hydroxyl groups is 1. The summed E-state index contributed by atoms with van der Waals surface area (Å²) in [5, 5.41) is 9.33. The van der Waals surface area contributed by atoms with Crippen LogP contribution < -0.4 is 0 Å². The maximum Gasteiger partial charge on any atom is 0.154 e. The lowest BCUT2D eigenvalue weighted by atomic mass is 9.97. The van der Waals surface area contributed by atoms with Crippen LogP contribution in [-0.4, -0.2) is 21.2 Å². The molecular weight excluding hydrogens is 244 g/mol. The fourth-order valence-corrected chi connectivity index (χ4v) is 1.71. The second-order valence-electron chi connectivity index (χ2n) is 3.38. The average molecular weight is 255 g/mol. The topological polar surface area (TPSA) is 46.0 Å². The molecule has 4 heteroatoms. The van der Waals surface area contributed by atoms with Crippen molar-refractivity contribution in [2.45, 2.75) is 25.4 Å². The highest BCUT2D eigenvalue weighted by Gasteiger charge is 2.14. The van der Waals surface area contributed by atoms with Crippen molar-refractivity contribution in [3.8, 4) is 0 Å². The first-order chi connectivity index (χ1) is 6.75. The van der Waals surface area contributed by atoms with Crippen LogP contribution in [0.2, 0.25) is 0 Å². The molecular formula is C10H11BrN2O. The molecule has 74 valence electrons. The Balaban J connectivity index is 2.19. The number of rotatable bonds is 1. The van der Waals surface area contributed by atoms with Crippen molar-refractivity contribution in [1.82, 2.24) is 9.97 Å². The third-order valence-corrected chi connectivity index (χ3v) is 2.70. The number of aliphatic hydroxyl groups excluding tert-OH is 1. The zero-order valence-electron chi connectivity index (χ0n) is 7.65. The molecule has 0 amide bonds. The van der Waals surface area contributed by atoms with E-state index in [-0.39, 0.29) is 6.10 Å². The molecule has 0 saturated carbocycles. The van der Waals surface area contributed by atoms with Gasteiger partial charge in [0.2, 0.25) is 0 Å². The molecule has 1 aliphatic carbocycles. The van der Waals surface area contributed by atoms with Crippen molar-refractivity contribution in [1.29, 1.82) is 0 Å². The number of hydrogen-bond donors (Lipinski definition) is 1. The average Bonchev–Trinajstić information content (AvgIpc) is 2.21. The summed E-state index contributed by atoms with van der Waals surface area (Å²) in [7, 11) is 0. The molecule has 1 atom stereocenters. The van der Waals surface area contributed by atoms with Gasteiger partial charge in [-0.25, -0.2) is 9.97 Å². The van der Waals surface area contributed by atoms with Gasteiger partial charge in [0, 0.05) is 12.4 Å². The molecule has 1 aromatic rings. The Morgan fingerprint density at radius 1 is 1.36 bits per heavy atom. The molecule has 2 rings (SSSR count). The maximum absolute atomic E-state index is 9.33. The second kappa shape index (κ2) is 4.19. The molecule has 1 aromatic heterocycles. The van der Waals surface area contributed by atoms with E-state index in [1.165, 1.54) is 0 Å². The number of halogens is 1. The molecule has 0 radical (unpaired) electrons. The smallest absolute Gasteiger partial charge is 0.154 e. The Bertz CT molecular complexity index is 348. The first kappa shape index (κ1) is 9.80. The lowest BCUT2D eigenvalue weighted by Gasteiger charge is -2.16. The molecule has 3 nitrogen and oxygen atoms in total. The quantitative estimate of drug-likeness (QED) is 0.836. The van der Waals surface area contributed by atoms with Gasteiger partial charge in [-0.2, -0.15) is 0 Å². The molecule has 0 fully saturated rings. The Kier molecular flexibility index (Phi) is 2.93. The number of nitrogens with zero attached hydrogens (tertiary/aromatic N) is 2. The van der Waals surface area contributed by atoms with Gasteiger partial charge in [0.1, 0.15) is 0 Å². The Morgan fingerprint density at radius 2 is 2.07 bits per heavy atom. The van der Waals surface area contributed by atoms with Crippen LogP contribution in [0.5, 0.6) is 0 Å². The molecule has 0 saturated heterocycles. The number of aromatic nitrogens is 2. The van der Waals surface area contributed by atoms with Crippen LogP contribution in [0.25, 0.3) is 5.57 Å². The van der Waals surface area contributed by atoms with Gasteiger partial charge < -0.3 is 5.11 Å². The third kappa shape index (κ3) is 2.19. The predicted molar refractivity (Wildman–Crippen MR) is 57.6 cm³/mol. The monoisotopic (exact) mass is 254 g/mol. The summed E-state index contributed by atoms with van der Waals surface area (Å²) in [6.07, 6.45) is 7.72. The van der Waals surface area contributed by atoms with Gasteiger partial charge in [-0.1, -0.05) is 6.08 Å². The van der Waals surface area contributed by atoms with Gasteiger partial charge in [-0.3, -0.25) is 0 Å². The van der Waals surface area contributed by atoms with E-state index in [9.17, 15) is 5.11 Å². The standard InChI is InChI=1S/C10H11BrN2O/c11-8-5-12-10(13-6-8)7-1-3-9(14)4-2-7/h1,5-6,9,14H,2-4H2. The number of hydrogen-bond acceptors (Lipinski definition) is 3. The Labute approximate surface area is 91.0 Å². The van der Waals surface area contributed by atoms with Crippen LogP contribution in [0.1, 0.15) is 25.1 Å². The lowest BCUT2D eigenvalue weighted by molar-refractivity contribution is 0.166. The molecule has 0 aromatic carbocycles. The van der Waals surface area contributed by atoms with E-state index in [2.05, 4.69) is 25.9 Å². The van der Waals surface area contributed by atoms with Crippen LogP contribution in [0, 0.1) is 0 Å². The van der Waals surface area contributed by atoms with Crippen LogP contribution in [0.4, 0.5) is 0 Å². The van der Waals surface area contributed by atoms with Gasteiger partial charge in [-0.05, 0) is 40.8 Å². The van der Waals surface area contributed by atoms with E-state index in [0.717, 1.165) is 35.1 Å². The lowest BCUT2D eigenvalue weighted by Crippen LogP contribution is -2.10. The summed E-state index contributed by atoms with van der Waals surface area (Å²) in [5.74, 6) is 0.778. The molecule has 0 bridgehead atoms. The highest BCUT2D eigenvalue weighted by Crippen LogP contribution is 2.24. The Hall–Kier alpha value is -0.740. The fraction of sp³-hybridized carbons (Fsp3) is 0.400. The number of allylic oxidation sites excluding steroid dienone is 1. The van der Waals surface area contributed by atoms with E-state index in [4.69, 9.17) is 0 Å². The first-order valence-corrected chi connectivity index (χ1v) is 5.40. The first-order valence-electron chi connectivity index (χ1n) is 4.61. The molecule has 1 N–H and O–H groups in total. The maximum atomic E-state index is 9.33. The van der Waals surface area contributed by atoms with Crippen molar-refractivity contribution in [2.24, 2.45) is 0 Å². The summed E-state index contributed by atoms with van der Waals surface area (Å²) in [6, 6.07) is 0. The summed E-state index contributed by atoms with van der Waals surface area (Å²) in [6.45, 7) is 0. The SMILES string of the molecule is OC1CC=C(c2ncc(Br)cn2)CC1.